The molecule has 0 atom stereocenters. The molecule has 0 radical (unpaired) electrons. The number of halogens is 1. The fraction of sp³-hybridized carbons (Fsp3) is 0.583. The van der Waals surface area contributed by atoms with Crippen LogP contribution in [0.3, 0.4) is 0 Å². The Morgan fingerprint density at radius 2 is 2.19 bits per heavy atom. The average molecular weight is 240 g/mol. The molecule has 1 heterocycles. The molecule has 1 N–H and O–H groups in total. The Kier molecular flexibility index (Phi) is 5.37. The summed E-state index contributed by atoms with van der Waals surface area (Å²) in [5.74, 6) is 5.81. The van der Waals surface area contributed by atoms with Crippen LogP contribution in [0.5, 0.6) is 0 Å². The number of rotatable bonds is 5. The van der Waals surface area contributed by atoms with E-state index < -0.39 is 0 Å². The highest BCUT2D eigenvalue weighted by atomic mass is 35.5. The van der Waals surface area contributed by atoms with E-state index >= 15 is 0 Å². The Balaban J connectivity index is 2.75. The minimum atomic E-state index is 0.684. The van der Waals surface area contributed by atoms with E-state index in [2.05, 4.69) is 36.1 Å². The number of nitrogens with one attached hydrogen (secondary N) is 1. The van der Waals surface area contributed by atoms with Gasteiger partial charge in [0.15, 0.2) is 0 Å². The lowest BCUT2D eigenvalue weighted by molar-refractivity contribution is 0.591. The number of aryl methyl sites for hydroxylation is 2. The smallest absolute Gasteiger partial charge is 0.0863 e. The lowest BCUT2D eigenvalue weighted by Crippen LogP contribution is -2.17. The van der Waals surface area contributed by atoms with E-state index in [0.29, 0.717) is 13.1 Å². The summed E-state index contributed by atoms with van der Waals surface area (Å²) in [6, 6.07) is 0. The number of hydrogen-bond donors (Lipinski definition) is 1. The van der Waals surface area contributed by atoms with E-state index in [-0.39, 0.29) is 0 Å². The second kappa shape index (κ2) is 6.57. The molecule has 88 valence electrons. The maximum Gasteiger partial charge on any atom is 0.0863 e. The van der Waals surface area contributed by atoms with Gasteiger partial charge in [0.1, 0.15) is 0 Å². The van der Waals surface area contributed by atoms with Gasteiger partial charge in [-0.1, -0.05) is 24.4 Å². The topological polar surface area (TPSA) is 29.9 Å². The Bertz CT molecular complexity index is 398. The third-order valence-corrected chi connectivity index (χ3v) is 2.81. The summed E-state index contributed by atoms with van der Waals surface area (Å²) in [7, 11) is 0. The summed E-state index contributed by atoms with van der Waals surface area (Å²) in [5, 5.41) is 8.48. The first kappa shape index (κ1) is 13.1. The van der Waals surface area contributed by atoms with Crippen molar-refractivity contribution in [2.45, 2.75) is 40.3 Å². The van der Waals surface area contributed by atoms with E-state index in [4.69, 9.17) is 11.6 Å². The van der Waals surface area contributed by atoms with Gasteiger partial charge in [-0.3, -0.25) is 4.68 Å². The van der Waals surface area contributed by atoms with Crippen LogP contribution in [0, 0.1) is 11.8 Å². The summed E-state index contributed by atoms with van der Waals surface area (Å²) >= 11 is 6.26. The molecule has 16 heavy (non-hydrogen) atoms. The SMILES string of the molecule is CC#CCNCc1c(Cl)c(CC)nn1CC. The van der Waals surface area contributed by atoms with Crippen LogP contribution < -0.4 is 5.32 Å². The molecule has 0 saturated carbocycles. The molecule has 1 aromatic rings. The molecule has 0 aliphatic heterocycles. The number of hydrogen-bond acceptors (Lipinski definition) is 2. The number of aromatic nitrogens is 2. The molecule has 0 saturated heterocycles. The average Bonchev–Trinajstić information content (AvgIpc) is 2.61. The highest BCUT2D eigenvalue weighted by molar-refractivity contribution is 6.31. The molecule has 4 heteroatoms. The molecule has 0 unspecified atom stereocenters. The zero-order valence-electron chi connectivity index (χ0n) is 10.1. The third kappa shape index (κ3) is 3.01. The van der Waals surface area contributed by atoms with Gasteiger partial charge in [-0.15, -0.1) is 5.92 Å². The molecule has 0 aromatic carbocycles. The van der Waals surface area contributed by atoms with Crippen LogP contribution in [0.2, 0.25) is 5.02 Å². The summed E-state index contributed by atoms with van der Waals surface area (Å²) in [6.45, 7) is 8.21. The maximum absolute atomic E-state index is 6.26. The van der Waals surface area contributed by atoms with Crippen LogP contribution in [0.15, 0.2) is 0 Å². The van der Waals surface area contributed by atoms with Gasteiger partial charge < -0.3 is 5.32 Å². The molecule has 0 fully saturated rings. The van der Waals surface area contributed by atoms with Gasteiger partial charge in [0.2, 0.25) is 0 Å². The quantitative estimate of drug-likeness (QED) is 0.631. The van der Waals surface area contributed by atoms with Crippen molar-refractivity contribution in [2.24, 2.45) is 0 Å². The second-order valence-electron chi connectivity index (χ2n) is 3.41. The highest BCUT2D eigenvalue weighted by Gasteiger charge is 2.13. The predicted molar refractivity (Wildman–Crippen MR) is 67.4 cm³/mol. The van der Waals surface area contributed by atoms with Crippen LogP contribution in [-0.4, -0.2) is 16.3 Å². The zero-order valence-corrected chi connectivity index (χ0v) is 10.9. The Morgan fingerprint density at radius 1 is 1.44 bits per heavy atom. The first-order valence-corrected chi connectivity index (χ1v) is 5.96. The van der Waals surface area contributed by atoms with Crippen LogP contribution in [0.1, 0.15) is 32.2 Å². The molecule has 0 amide bonds. The minimum Gasteiger partial charge on any atom is -0.300 e. The van der Waals surface area contributed by atoms with Gasteiger partial charge >= 0.3 is 0 Å². The molecular formula is C12H18ClN3. The molecule has 0 bridgehead atoms. The molecule has 3 nitrogen and oxygen atoms in total. The van der Waals surface area contributed by atoms with Crippen LogP contribution in [0.4, 0.5) is 0 Å². The Labute approximate surface area is 102 Å². The lowest BCUT2D eigenvalue weighted by atomic mass is 10.3. The molecule has 0 spiro atoms. The van der Waals surface area contributed by atoms with Crippen molar-refractivity contribution in [3.63, 3.8) is 0 Å². The molecule has 1 rings (SSSR count). The largest absolute Gasteiger partial charge is 0.300 e. The van der Waals surface area contributed by atoms with Crippen molar-refractivity contribution in [1.29, 1.82) is 0 Å². The summed E-state index contributed by atoms with van der Waals surface area (Å²) in [6.07, 6.45) is 0.869. The second-order valence-corrected chi connectivity index (χ2v) is 3.78. The van der Waals surface area contributed by atoms with Gasteiger partial charge in [-0.25, -0.2) is 0 Å². The Morgan fingerprint density at radius 3 is 2.75 bits per heavy atom. The summed E-state index contributed by atoms with van der Waals surface area (Å²) < 4.78 is 1.95. The monoisotopic (exact) mass is 239 g/mol. The zero-order chi connectivity index (χ0) is 12.0. The first-order chi connectivity index (χ1) is 7.74. The fourth-order valence-corrected chi connectivity index (χ4v) is 1.85. The van der Waals surface area contributed by atoms with Crippen molar-refractivity contribution in [1.82, 2.24) is 15.1 Å². The Hall–Kier alpha value is -0.980. The highest BCUT2D eigenvalue weighted by Crippen LogP contribution is 2.21. The third-order valence-electron chi connectivity index (χ3n) is 2.38. The van der Waals surface area contributed by atoms with E-state index in [1.807, 2.05) is 11.6 Å². The van der Waals surface area contributed by atoms with E-state index in [9.17, 15) is 0 Å². The molecular weight excluding hydrogens is 222 g/mol. The van der Waals surface area contributed by atoms with E-state index in [1.54, 1.807) is 0 Å². The first-order valence-electron chi connectivity index (χ1n) is 5.58. The molecule has 0 aliphatic rings. The van der Waals surface area contributed by atoms with Gasteiger partial charge in [-0.2, -0.15) is 5.10 Å². The van der Waals surface area contributed by atoms with E-state index in [0.717, 1.165) is 29.4 Å². The molecule has 1 aromatic heterocycles. The van der Waals surface area contributed by atoms with Crippen LogP contribution in [-0.2, 0) is 19.5 Å². The standard InChI is InChI=1S/C12H18ClN3/c1-4-7-8-14-9-11-12(13)10(5-2)15-16(11)6-3/h14H,5-6,8-9H2,1-3H3. The van der Waals surface area contributed by atoms with Crippen molar-refractivity contribution in [3.8, 4) is 11.8 Å². The van der Waals surface area contributed by atoms with Crippen LogP contribution in [0.25, 0.3) is 0 Å². The summed E-state index contributed by atoms with van der Waals surface area (Å²) in [5.41, 5.74) is 2.03. The van der Waals surface area contributed by atoms with Crippen molar-refractivity contribution in [3.05, 3.63) is 16.4 Å². The predicted octanol–water partition coefficient (Wildman–Crippen LogP) is 2.23. The molecule has 0 aliphatic carbocycles. The van der Waals surface area contributed by atoms with Gasteiger partial charge in [0.05, 0.1) is 23.0 Å². The van der Waals surface area contributed by atoms with Crippen molar-refractivity contribution >= 4 is 11.6 Å². The van der Waals surface area contributed by atoms with Crippen LogP contribution >= 0.6 is 11.6 Å². The summed E-state index contributed by atoms with van der Waals surface area (Å²) in [4.78, 5) is 0. The van der Waals surface area contributed by atoms with Crippen molar-refractivity contribution in [2.75, 3.05) is 6.54 Å². The fourth-order valence-electron chi connectivity index (χ4n) is 1.52. The normalized spacial score (nSPS) is 10.0. The lowest BCUT2D eigenvalue weighted by Gasteiger charge is -2.04. The van der Waals surface area contributed by atoms with Gasteiger partial charge in [0, 0.05) is 13.1 Å². The van der Waals surface area contributed by atoms with E-state index in [1.165, 1.54) is 0 Å². The van der Waals surface area contributed by atoms with Gasteiger partial charge in [0.25, 0.3) is 0 Å². The van der Waals surface area contributed by atoms with Crippen molar-refractivity contribution < 1.29 is 0 Å². The minimum absolute atomic E-state index is 0.684. The maximum atomic E-state index is 6.26. The number of nitrogens with zero attached hydrogens (tertiary/aromatic N) is 2. The van der Waals surface area contributed by atoms with Gasteiger partial charge in [-0.05, 0) is 20.3 Å².